The van der Waals surface area contributed by atoms with Gasteiger partial charge in [-0.25, -0.2) is 4.79 Å². The number of H-pyrrole nitrogens is 1. The van der Waals surface area contributed by atoms with E-state index in [9.17, 15) is 9.59 Å². The standard InChI is InChI=1S/C24H30N2O6/c1-7-32-24(28)20-14(2)22(25-15(20)3)23(27)26-10-8-16(9-11-26)21-18(30-5)12-17(29-4)13-19(21)31-6/h8,12-13,25H,7,9-11H2,1-6H3. The minimum atomic E-state index is -0.419. The van der Waals surface area contributed by atoms with Crippen LogP contribution in [0.2, 0.25) is 0 Å². The Labute approximate surface area is 188 Å². The highest BCUT2D eigenvalue weighted by Gasteiger charge is 2.28. The number of esters is 1. The number of aromatic nitrogens is 1. The van der Waals surface area contributed by atoms with Gasteiger partial charge in [0.2, 0.25) is 0 Å². The molecular formula is C24H30N2O6. The zero-order valence-electron chi connectivity index (χ0n) is 19.5. The van der Waals surface area contributed by atoms with E-state index in [0.29, 0.717) is 59.3 Å². The molecule has 2 aromatic rings. The number of nitrogens with zero attached hydrogens (tertiary/aromatic N) is 1. The molecule has 1 aliphatic heterocycles. The van der Waals surface area contributed by atoms with Gasteiger partial charge in [-0.1, -0.05) is 6.08 Å². The van der Waals surface area contributed by atoms with Crippen molar-refractivity contribution in [1.82, 2.24) is 9.88 Å². The minimum absolute atomic E-state index is 0.148. The smallest absolute Gasteiger partial charge is 0.340 e. The van der Waals surface area contributed by atoms with E-state index in [1.165, 1.54) is 0 Å². The van der Waals surface area contributed by atoms with Crippen LogP contribution < -0.4 is 14.2 Å². The quantitative estimate of drug-likeness (QED) is 0.657. The Morgan fingerprint density at radius 3 is 2.22 bits per heavy atom. The van der Waals surface area contributed by atoms with Gasteiger partial charge in [0.25, 0.3) is 5.91 Å². The maximum absolute atomic E-state index is 13.2. The van der Waals surface area contributed by atoms with Crippen LogP contribution in [0.4, 0.5) is 0 Å². The molecule has 8 heteroatoms. The predicted octanol–water partition coefficient (Wildman–Crippen LogP) is 3.76. The molecule has 0 aliphatic carbocycles. The summed E-state index contributed by atoms with van der Waals surface area (Å²) in [6.07, 6.45) is 2.64. The van der Waals surface area contributed by atoms with Crippen molar-refractivity contribution in [2.45, 2.75) is 27.2 Å². The third-order valence-corrected chi connectivity index (χ3v) is 5.66. The molecular weight excluding hydrogens is 412 g/mol. The van der Waals surface area contributed by atoms with Crippen LogP contribution >= 0.6 is 0 Å². The summed E-state index contributed by atoms with van der Waals surface area (Å²) < 4.78 is 21.6. The fourth-order valence-electron chi connectivity index (χ4n) is 4.03. The molecule has 0 radical (unpaired) electrons. The van der Waals surface area contributed by atoms with Crippen molar-refractivity contribution in [3.63, 3.8) is 0 Å². The second-order valence-electron chi connectivity index (χ2n) is 7.48. The van der Waals surface area contributed by atoms with Crippen LogP contribution in [0.25, 0.3) is 5.57 Å². The van der Waals surface area contributed by atoms with E-state index in [4.69, 9.17) is 18.9 Å². The van der Waals surface area contributed by atoms with Gasteiger partial charge in [-0.3, -0.25) is 4.79 Å². The zero-order valence-corrected chi connectivity index (χ0v) is 19.5. The van der Waals surface area contributed by atoms with E-state index < -0.39 is 5.97 Å². The number of rotatable bonds is 7. The van der Waals surface area contributed by atoms with Crippen LogP contribution in [0, 0.1) is 13.8 Å². The summed E-state index contributed by atoms with van der Waals surface area (Å²) in [5, 5.41) is 0. The number of aryl methyl sites for hydroxylation is 1. The van der Waals surface area contributed by atoms with Gasteiger partial charge in [-0.2, -0.15) is 0 Å². The predicted molar refractivity (Wildman–Crippen MR) is 121 cm³/mol. The van der Waals surface area contributed by atoms with Crippen LogP contribution in [0.5, 0.6) is 17.2 Å². The molecule has 0 bridgehead atoms. The van der Waals surface area contributed by atoms with Crippen molar-refractivity contribution < 1.29 is 28.5 Å². The van der Waals surface area contributed by atoms with Crippen molar-refractivity contribution in [3.05, 3.63) is 46.3 Å². The second kappa shape index (κ2) is 9.80. The Morgan fingerprint density at radius 2 is 1.72 bits per heavy atom. The highest BCUT2D eigenvalue weighted by atomic mass is 16.5. The Morgan fingerprint density at radius 1 is 1.06 bits per heavy atom. The van der Waals surface area contributed by atoms with E-state index >= 15 is 0 Å². The number of hydrogen-bond acceptors (Lipinski definition) is 6. The molecule has 32 heavy (non-hydrogen) atoms. The Kier molecular flexibility index (Phi) is 7.12. The average Bonchev–Trinajstić information content (AvgIpc) is 3.11. The lowest BCUT2D eigenvalue weighted by molar-refractivity contribution is 0.0525. The van der Waals surface area contributed by atoms with E-state index in [0.717, 1.165) is 11.1 Å². The number of ether oxygens (including phenoxy) is 4. The van der Waals surface area contributed by atoms with Gasteiger partial charge in [0, 0.05) is 30.9 Å². The van der Waals surface area contributed by atoms with Crippen LogP contribution in [-0.2, 0) is 4.74 Å². The number of benzene rings is 1. The maximum Gasteiger partial charge on any atom is 0.340 e. The Balaban J connectivity index is 1.86. The van der Waals surface area contributed by atoms with Crippen molar-refractivity contribution >= 4 is 17.4 Å². The number of hydrogen-bond donors (Lipinski definition) is 1. The first-order valence-corrected chi connectivity index (χ1v) is 10.5. The van der Waals surface area contributed by atoms with Gasteiger partial charge in [-0.05, 0) is 38.3 Å². The summed E-state index contributed by atoms with van der Waals surface area (Å²) in [5.41, 5.74) is 3.99. The molecule has 0 unspecified atom stereocenters. The number of carbonyl (C=O) groups is 2. The van der Waals surface area contributed by atoms with E-state index in [1.807, 2.05) is 18.2 Å². The number of amides is 1. The molecule has 1 N–H and O–H groups in total. The van der Waals surface area contributed by atoms with Gasteiger partial charge in [0.15, 0.2) is 0 Å². The average molecular weight is 443 g/mol. The normalized spacial score (nSPS) is 13.4. The Bertz CT molecular complexity index is 1030. The molecule has 0 atom stereocenters. The Hall–Kier alpha value is -3.42. The lowest BCUT2D eigenvalue weighted by atomic mass is 9.97. The van der Waals surface area contributed by atoms with Gasteiger partial charge < -0.3 is 28.8 Å². The molecule has 172 valence electrons. The zero-order chi connectivity index (χ0) is 23.4. The molecule has 8 nitrogen and oxygen atoms in total. The summed E-state index contributed by atoms with van der Waals surface area (Å²) in [6.45, 7) is 6.53. The fraction of sp³-hybridized carbons (Fsp3) is 0.417. The molecule has 0 fully saturated rings. The summed E-state index contributed by atoms with van der Waals surface area (Å²) in [7, 11) is 4.80. The molecule has 1 amide bonds. The summed E-state index contributed by atoms with van der Waals surface area (Å²) in [4.78, 5) is 30.3. The molecule has 0 saturated heterocycles. The van der Waals surface area contributed by atoms with Crippen molar-refractivity contribution in [2.75, 3.05) is 41.0 Å². The molecule has 0 spiro atoms. The van der Waals surface area contributed by atoms with E-state index in [2.05, 4.69) is 4.98 Å². The molecule has 1 aromatic carbocycles. The first-order chi connectivity index (χ1) is 15.4. The summed E-state index contributed by atoms with van der Waals surface area (Å²) in [6, 6.07) is 3.64. The highest BCUT2D eigenvalue weighted by Crippen LogP contribution is 2.41. The molecule has 1 aromatic heterocycles. The van der Waals surface area contributed by atoms with E-state index in [-0.39, 0.29) is 12.5 Å². The van der Waals surface area contributed by atoms with Gasteiger partial charge in [-0.15, -0.1) is 0 Å². The molecule has 2 heterocycles. The molecule has 3 rings (SSSR count). The summed E-state index contributed by atoms with van der Waals surface area (Å²) >= 11 is 0. The lowest BCUT2D eigenvalue weighted by Crippen LogP contribution is -2.35. The van der Waals surface area contributed by atoms with Crippen LogP contribution in [-0.4, -0.2) is 62.8 Å². The van der Waals surface area contributed by atoms with Crippen molar-refractivity contribution in [2.24, 2.45) is 0 Å². The first kappa shape index (κ1) is 23.2. The third kappa shape index (κ3) is 4.30. The number of carbonyl (C=O) groups excluding carboxylic acids is 2. The minimum Gasteiger partial charge on any atom is -0.496 e. The van der Waals surface area contributed by atoms with Crippen molar-refractivity contribution in [1.29, 1.82) is 0 Å². The van der Waals surface area contributed by atoms with Crippen LogP contribution in [0.1, 0.15) is 51.0 Å². The first-order valence-electron chi connectivity index (χ1n) is 10.5. The maximum atomic E-state index is 13.2. The second-order valence-corrected chi connectivity index (χ2v) is 7.48. The number of aromatic amines is 1. The molecule has 1 aliphatic rings. The van der Waals surface area contributed by atoms with Crippen molar-refractivity contribution in [3.8, 4) is 17.2 Å². The highest BCUT2D eigenvalue weighted by molar-refractivity contribution is 6.00. The topological polar surface area (TPSA) is 90.1 Å². The third-order valence-electron chi connectivity index (χ3n) is 5.66. The van der Waals surface area contributed by atoms with Crippen LogP contribution in [0.15, 0.2) is 18.2 Å². The lowest BCUT2D eigenvalue weighted by Gasteiger charge is -2.28. The largest absolute Gasteiger partial charge is 0.496 e. The van der Waals surface area contributed by atoms with Gasteiger partial charge in [0.1, 0.15) is 22.9 Å². The van der Waals surface area contributed by atoms with Crippen LogP contribution in [0.3, 0.4) is 0 Å². The summed E-state index contributed by atoms with van der Waals surface area (Å²) in [5.74, 6) is 1.39. The SMILES string of the molecule is CCOC(=O)c1c(C)[nH]c(C(=O)N2CC=C(c3c(OC)cc(OC)cc3OC)CC2)c1C. The monoisotopic (exact) mass is 442 g/mol. The van der Waals surface area contributed by atoms with Gasteiger partial charge in [0.05, 0.1) is 39.1 Å². The molecule has 0 saturated carbocycles. The number of methoxy groups -OCH3 is 3. The fourth-order valence-corrected chi connectivity index (χ4v) is 4.03. The van der Waals surface area contributed by atoms with Gasteiger partial charge >= 0.3 is 5.97 Å². The van der Waals surface area contributed by atoms with E-state index in [1.54, 1.807) is 47.0 Å². The number of nitrogens with one attached hydrogen (secondary N) is 1.